The first-order chi connectivity index (χ1) is 12.6. The number of hydrogen-bond donors (Lipinski definition) is 1. The number of halogens is 1. The Morgan fingerprint density at radius 3 is 2.73 bits per heavy atom. The van der Waals surface area contributed by atoms with Crippen molar-refractivity contribution in [1.29, 1.82) is 0 Å². The van der Waals surface area contributed by atoms with Crippen LogP contribution in [-0.2, 0) is 17.9 Å². The molecule has 0 bridgehead atoms. The van der Waals surface area contributed by atoms with Crippen molar-refractivity contribution in [2.75, 3.05) is 0 Å². The molecular weight excluding hydrogens is 333 g/mol. The Hall–Kier alpha value is -3.15. The molecule has 0 radical (unpaired) electrons. The van der Waals surface area contributed by atoms with Gasteiger partial charge in [-0.15, -0.1) is 0 Å². The molecule has 0 spiro atoms. The van der Waals surface area contributed by atoms with E-state index < -0.39 is 6.10 Å². The van der Waals surface area contributed by atoms with E-state index in [1.165, 1.54) is 24.3 Å². The molecule has 2 aromatic carbocycles. The van der Waals surface area contributed by atoms with Crippen LogP contribution >= 0.6 is 0 Å². The van der Waals surface area contributed by atoms with Gasteiger partial charge in [0.15, 0.2) is 6.10 Å². The summed E-state index contributed by atoms with van der Waals surface area (Å²) in [5.74, 6) is -0.115. The van der Waals surface area contributed by atoms with Crippen LogP contribution in [0.5, 0.6) is 5.75 Å². The number of benzene rings is 2. The zero-order chi connectivity index (χ0) is 18.4. The van der Waals surface area contributed by atoms with E-state index in [1.54, 1.807) is 19.4 Å². The van der Waals surface area contributed by atoms with Gasteiger partial charge in [-0.25, -0.2) is 9.37 Å². The van der Waals surface area contributed by atoms with Crippen molar-refractivity contribution >= 4 is 5.91 Å². The Morgan fingerprint density at radius 2 is 2.00 bits per heavy atom. The van der Waals surface area contributed by atoms with Crippen LogP contribution in [0, 0.1) is 5.82 Å². The second kappa shape index (κ2) is 8.29. The predicted octanol–water partition coefficient (Wildman–Crippen LogP) is 3.15. The number of nitrogens with zero attached hydrogens (tertiary/aromatic N) is 2. The van der Waals surface area contributed by atoms with Gasteiger partial charge in [0.25, 0.3) is 5.91 Å². The van der Waals surface area contributed by atoms with Gasteiger partial charge >= 0.3 is 0 Å². The number of carbonyl (C=O) groups is 1. The van der Waals surface area contributed by atoms with Crippen LogP contribution < -0.4 is 10.1 Å². The Balaban J connectivity index is 1.52. The third kappa shape index (κ3) is 4.92. The van der Waals surface area contributed by atoms with Gasteiger partial charge in [-0.05, 0) is 42.3 Å². The Kier molecular flexibility index (Phi) is 5.63. The first-order valence-electron chi connectivity index (χ1n) is 8.33. The lowest BCUT2D eigenvalue weighted by atomic mass is 10.1. The third-order valence-electron chi connectivity index (χ3n) is 3.88. The number of rotatable bonds is 7. The molecule has 0 unspecified atom stereocenters. The molecule has 0 saturated carbocycles. The van der Waals surface area contributed by atoms with Gasteiger partial charge in [0, 0.05) is 25.5 Å². The molecule has 0 saturated heterocycles. The molecule has 0 aliphatic rings. The standard InChI is InChI=1S/C20H20FN3O2/c1-15(26-19-7-5-18(21)6-8-19)20(25)23-12-16-3-2-4-17(11-16)13-24-10-9-22-14-24/h2-11,14-15H,12-13H2,1H3,(H,23,25)/t15-/m1/s1. The molecule has 1 amide bonds. The second-order valence-electron chi connectivity index (χ2n) is 5.99. The van der Waals surface area contributed by atoms with Crippen LogP contribution in [-0.4, -0.2) is 21.6 Å². The van der Waals surface area contributed by atoms with Crippen molar-refractivity contribution in [3.05, 3.63) is 84.2 Å². The molecular formula is C20H20FN3O2. The van der Waals surface area contributed by atoms with E-state index in [0.29, 0.717) is 12.3 Å². The van der Waals surface area contributed by atoms with E-state index in [9.17, 15) is 9.18 Å². The summed E-state index contributed by atoms with van der Waals surface area (Å²) < 4.78 is 20.4. The molecule has 0 aliphatic heterocycles. The molecule has 0 fully saturated rings. The maximum atomic E-state index is 12.9. The molecule has 1 N–H and O–H groups in total. The van der Waals surface area contributed by atoms with Crippen molar-refractivity contribution in [3.8, 4) is 5.75 Å². The number of carbonyl (C=O) groups excluding carboxylic acids is 1. The summed E-state index contributed by atoms with van der Waals surface area (Å²) >= 11 is 0. The molecule has 3 aromatic rings. The van der Waals surface area contributed by atoms with Gasteiger partial charge in [0.1, 0.15) is 11.6 Å². The number of imidazole rings is 1. The van der Waals surface area contributed by atoms with Crippen molar-refractivity contribution in [2.45, 2.75) is 26.1 Å². The van der Waals surface area contributed by atoms with Crippen molar-refractivity contribution < 1.29 is 13.9 Å². The zero-order valence-electron chi connectivity index (χ0n) is 14.4. The van der Waals surface area contributed by atoms with Crippen molar-refractivity contribution in [1.82, 2.24) is 14.9 Å². The molecule has 134 valence electrons. The summed E-state index contributed by atoms with van der Waals surface area (Å²) in [6, 6.07) is 13.6. The van der Waals surface area contributed by atoms with Gasteiger partial charge < -0.3 is 14.6 Å². The summed E-state index contributed by atoms with van der Waals surface area (Å²) in [6.07, 6.45) is 4.74. The third-order valence-corrected chi connectivity index (χ3v) is 3.88. The van der Waals surface area contributed by atoms with Crippen LogP contribution in [0.1, 0.15) is 18.1 Å². The Morgan fingerprint density at radius 1 is 1.23 bits per heavy atom. The minimum Gasteiger partial charge on any atom is -0.481 e. The minimum absolute atomic E-state index is 0.227. The summed E-state index contributed by atoms with van der Waals surface area (Å²) in [5.41, 5.74) is 2.13. The average molecular weight is 353 g/mol. The normalized spacial score (nSPS) is 11.8. The number of ether oxygens (including phenoxy) is 1. The summed E-state index contributed by atoms with van der Waals surface area (Å²) in [6.45, 7) is 2.80. The summed E-state index contributed by atoms with van der Waals surface area (Å²) in [7, 11) is 0. The van der Waals surface area contributed by atoms with E-state index in [4.69, 9.17) is 4.74 Å². The second-order valence-corrected chi connectivity index (χ2v) is 5.99. The van der Waals surface area contributed by atoms with Crippen LogP contribution in [0.4, 0.5) is 4.39 Å². The number of aromatic nitrogens is 2. The van der Waals surface area contributed by atoms with Crippen LogP contribution in [0.15, 0.2) is 67.3 Å². The fourth-order valence-electron chi connectivity index (χ4n) is 2.53. The topological polar surface area (TPSA) is 56.1 Å². The summed E-state index contributed by atoms with van der Waals surface area (Å²) in [4.78, 5) is 16.2. The Bertz CT molecular complexity index is 848. The highest BCUT2D eigenvalue weighted by Crippen LogP contribution is 2.13. The lowest BCUT2D eigenvalue weighted by molar-refractivity contribution is -0.127. The predicted molar refractivity (Wildman–Crippen MR) is 96.1 cm³/mol. The molecule has 6 heteroatoms. The zero-order valence-corrected chi connectivity index (χ0v) is 14.4. The number of amides is 1. The van der Waals surface area contributed by atoms with Crippen LogP contribution in [0.2, 0.25) is 0 Å². The van der Waals surface area contributed by atoms with Crippen LogP contribution in [0.25, 0.3) is 0 Å². The van der Waals surface area contributed by atoms with Crippen molar-refractivity contribution in [3.63, 3.8) is 0 Å². The molecule has 1 aromatic heterocycles. The van der Waals surface area contributed by atoms with Gasteiger partial charge in [-0.2, -0.15) is 0 Å². The highest BCUT2D eigenvalue weighted by molar-refractivity contribution is 5.80. The van der Waals surface area contributed by atoms with Gasteiger partial charge in [0.2, 0.25) is 0 Å². The molecule has 1 heterocycles. The largest absolute Gasteiger partial charge is 0.481 e. The molecule has 0 aliphatic carbocycles. The van der Waals surface area contributed by atoms with E-state index in [0.717, 1.165) is 17.7 Å². The summed E-state index contributed by atoms with van der Waals surface area (Å²) in [5, 5.41) is 2.86. The van der Waals surface area contributed by atoms with Gasteiger partial charge in [-0.1, -0.05) is 24.3 Å². The first kappa shape index (κ1) is 17.7. The molecule has 1 atom stereocenters. The first-order valence-corrected chi connectivity index (χ1v) is 8.33. The lowest BCUT2D eigenvalue weighted by Crippen LogP contribution is -2.35. The number of nitrogens with one attached hydrogen (secondary N) is 1. The fourth-order valence-corrected chi connectivity index (χ4v) is 2.53. The van der Waals surface area contributed by atoms with Crippen molar-refractivity contribution in [2.24, 2.45) is 0 Å². The van der Waals surface area contributed by atoms with E-state index in [-0.39, 0.29) is 11.7 Å². The fraction of sp³-hybridized carbons (Fsp3) is 0.200. The monoisotopic (exact) mass is 353 g/mol. The van der Waals surface area contributed by atoms with E-state index >= 15 is 0 Å². The number of hydrogen-bond acceptors (Lipinski definition) is 3. The van der Waals surface area contributed by atoms with E-state index in [1.807, 2.05) is 35.0 Å². The van der Waals surface area contributed by atoms with Gasteiger partial charge in [-0.3, -0.25) is 4.79 Å². The smallest absolute Gasteiger partial charge is 0.261 e. The Labute approximate surface area is 151 Å². The quantitative estimate of drug-likeness (QED) is 0.710. The highest BCUT2D eigenvalue weighted by Gasteiger charge is 2.14. The maximum Gasteiger partial charge on any atom is 0.261 e. The molecule has 3 rings (SSSR count). The molecule has 26 heavy (non-hydrogen) atoms. The maximum absolute atomic E-state index is 12.9. The average Bonchev–Trinajstić information content (AvgIpc) is 3.15. The molecule has 5 nitrogen and oxygen atoms in total. The lowest BCUT2D eigenvalue weighted by Gasteiger charge is -2.15. The van der Waals surface area contributed by atoms with Gasteiger partial charge in [0.05, 0.1) is 6.33 Å². The minimum atomic E-state index is -0.672. The highest BCUT2D eigenvalue weighted by atomic mass is 19.1. The SMILES string of the molecule is C[C@@H](Oc1ccc(F)cc1)C(=O)NCc1cccc(Cn2ccnc2)c1. The van der Waals surface area contributed by atoms with Crippen LogP contribution in [0.3, 0.4) is 0 Å². The van der Waals surface area contributed by atoms with E-state index in [2.05, 4.69) is 10.3 Å².